The van der Waals surface area contributed by atoms with E-state index in [1.807, 2.05) is 24.0 Å². The Kier molecular flexibility index (Phi) is 5.31. The summed E-state index contributed by atoms with van der Waals surface area (Å²) < 4.78 is 5.17. The van der Waals surface area contributed by atoms with E-state index in [1.165, 1.54) is 5.69 Å². The largest absolute Gasteiger partial charge is 0.497 e. The van der Waals surface area contributed by atoms with Crippen molar-refractivity contribution in [3.63, 3.8) is 0 Å². The van der Waals surface area contributed by atoms with Crippen molar-refractivity contribution >= 4 is 11.7 Å². The van der Waals surface area contributed by atoms with Crippen LogP contribution in [-0.4, -0.2) is 50.3 Å². The fourth-order valence-electron chi connectivity index (χ4n) is 2.36. The Morgan fingerprint density at radius 3 is 2.38 bits per heavy atom. The predicted octanol–water partition coefficient (Wildman–Crippen LogP) is 2.33. The minimum Gasteiger partial charge on any atom is -0.497 e. The fraction of sp³-hybridized carbons (Fsp3) is 0.562. The molecule has 21 heavy (non-hydrogen) atoms. The lowest BCUT2D eigenvalue weighted by molar-refractivity contribution is 0.191. The number of carbonyl (C=O) groups excluding carboxylic acids is 1. The highest BCUT2D eigenvalue weighted by atomic mass is 16.5. The van der Waals surface area contributed by atoms with E-state index in [9.17, 15) is 4.79 Å². The van der Waals surface area contributed by atoms with Gasteiger partial charge in [-0.2, -0.15) is 0 Å². The van der Waals surface area contributed by atoms with Gasteiger partial charge in [0, 0.05) is 37.9 Å². The number of methoxy groups -OCH3 is 1. The highest BCUT2D eigenvalue weighted by molar-refractivity contribution is 5.74. The number of benzene rings is 1. The predicted molar refractivity (Wildman–Crippen MR) is 85.1 cm³/mol. The van der Waals surface area contributed by atoms with Crippen LogP contribution in [0.1, 0.15) is 20.3 Å². The first-order chi connectivity index (χ1) is 10.1. The smallest absolute Gasteiger partial charge is 0.317 e. The zero-order chi connectivity index (χ0) is 15.2. The topological polar surface area (TPSA) is 44.8 Å². The Balaban J connectivity index is 1.86. The van der Waals surface area contributed by atoms with Crippen LogP contribution in [0.4, 0.5) is 10.5 Å². The number of anilines is 1. The first-order valence-electron chi connectivity index (χ1n) is 7.58. The number of hydrogen-bond donors (Lipinski definition) is 1. The van der Waals surface area contributed by atoms with E-state index in [-0.39, 0.29) is 12.1 Å². The van der Waals surface area contributed by atoms with Gasteiger partial charge < -0.3 is 19.9 Å². The first kappa shape index (κ1) is 15.5. The molecule has 116 valence electrons. The van der Waals surface area contributed by atoms with Crippen molar-refractivity contribution in [3.8, 4) is 5.75 Å². The molecule has 0 aromatic heterocycles. The minimum absolute atomic E-state index is 0.0544. The van der Waals surface area contributed by atoms with Crippen molar-refractivity contribution in [2.45, 2.75) is 26.3 Å². The summed E-state index contributed by atoms with van der Waals surface area (Å²) in [5.74, 6) is 0.866. The third-order valence-electron chi connectivity index (χ3n) is 3.99. The standard InChI is InChI=1S/C16H25N3O2/c1-4-13(2)17-16(20)19-11-9-18(10-12-19)14-5-7-15(21-3)8-6-14/h5-8,13H,4,9-12H2,1-3H3,(H,17,20)/t13-/m0/s1. The molecule has 1 aliphatic heterocycles. The maximum Gasteiger partial charge on any atom is 0.317 e. The van der Waals surface area contributed by atoms with Gasteiger partial charge in [0.1, 0.15) is 5.75 Å². The van der Waals surface area contributed by atoms with Crippen LogP contribution < -0.4 is 15.0 Å². The Bertz CT molecular complexity index is 453. The monoisotopic (exact) mass is 291 g/mol. The molecule has 1 aliphatic rings. The van der Waals surface area contributed by atoms with Crippen LogP contribution in [0.25, 0.3) is 0 Å². The molecule has 1 heterocycles. The van der Waals surface area contributed by atoms with E-state index in [0.29, 0.717) is 0 Å². The first-order valence-corrected chi connectivity index (χ1v) is 7.58. The molecule has 0 aliphatic carbocycles. The number of piperazine rings is 1. The fourth-order valence-corrected chi connectivity index (χ4v) is 2.36. The lowest BCUT2D eigenvalue weighted by Gasteiger charge is -2.36. The molecule has 0 unspecified atom stereocenters. The number of ether oxygens (including phenoxy) is 1. The van der Waals surface area contributed by atoms with Crippen LogP contribution in [0.5, 0.6) is 5.75 Å². The van der Waals surface area contributed by atoms with Gasteiger partial charge in [-0.3, -0.25) is 0 Å². The van der Waals surface area contributed by atoms with Gasteiger partial charge in [-0.05, 0) is 37.6 Å². The third kappa shape index (κ3) is 4.03. The summed E-state index contributed by atoms with van der Waals surface area (Å²) in [6.45, 7) is 7.35. The molecule has 5 nitrogen and oxygen atoms in total. The van der Waals surface area contributed by atoms with Crippen molar-refractivity contribution < 1.29 is 9.53 Å². The highest BCUT2D eigenvalue weighted by Crippen LogP contribution is 2.20. The lowest BCUT2D eigenvalue weighted by Crippen LogP contribution is -2.53. The molecule has 1 saturated heterocycles. The van der Waals surface area contributed by atoms with Gasteiger partial charge in [-0.15, -0.1) is 0 Å². The summed E-state index contributed by atoms with van der Waals surface area (Å²) in [5, 5.41) is 3.02. The van der Waals surface area contributed by atoms with Gasteiger partial charge in [0.15, 0.2) is 0 Å². The Morgan fingerprint density at radius 1 is 1.24 bits per heavy atom. The number of nitrogens with one attached hydrogen (secondary N) is 1. The van der Waals surface area contributed by atoms with E-state index >= 15 is 0 Å². The van der Waals surface area contributed by atoms with Gasteiger partial charge in [0.05, 0.1) is 7.11 Å². The van der Waals surface area contributed by atoms with Crippen molar-refractivity contribution in [3.05, 3.63) is 24.3 Å². The normalized spacial score (nSPS) is 16.5. The van der Waals surface area contributed by atoms with E-state index in [1.54, 1.807) is 7.11 Å². The van der Waals surface area contributed by atoms with Gasteiger partial charge in [-0.1, -0.05) is 6.92 Å². The molecule has 0 bridgehead atoms. The summed E-state index contributed by atoms with van der Waals surface area (Å²) in [4.78, 5) is 16.3. The third-order valence-corrected chi connectivity index (χ3v) is 3.99. The maximum absolute atomic E-state index is 12.1. The number of hydrogen-bond acceptors (Lipinski definition) is 3. The second-order valence-electron chi connectivity index (χ2n) is 5.43. The van der Waals surface area contributed by atoms with E-state index < -0.39 is 0 Å². The van der Waals surface area contributed by atoms with Crippen LogP contribution in [0.2, 0.25) is 0 Å². The minimum atomic E-state index is 0.0544. The zero-order valence-electron chi connectivity index (χ0n) is 13.1. The molecule has 1 aromatic rings. The summed E-state index contributed by atoms with van der Waals surface area (Å²) in [6.07, 6.45) is 0.956. The highest BCUT2D eigenvalue weighted by Gasteiger charge is 2.21. The van der Waals surface area contributed by atoms with E-state index in [2.05, 4.69) is 29.3 Å². The summed E-state index contributed by atoms with van der Waals surface area (Å²) in [6, 6.07) is 8.35. The Hall–Kier alpha value is -1.91. The molecule has 0 saturated carbocycles. The molecule has 2 amide bonds. The van der Waals surface area contributed by atoms with Gasteiger partial charge in [0.25, 0.3) is 0 Å². The van der Waals surface area contributed by atoms with Crippen LogP contribution in [-0.2, 0) is 0 Å². The van der Waals surface area contributed by atoms with Gasteiger partial charge >= 0.3 is 6.03 Å². The zero-order valence-corrected chi connectivity index (χ0v) is 13.1. The Morgan fingerprint density at radius 2 is 1.86 bits per heavy atom. The summed E-state index contributed by atoms with van der Waals surface area (Å²) in [5.41, 5.74) is 1.18. The molecule has 1 atom stereocenters. The second kappa shape index (κ2) is 7.20. The van der Waals surface area contributed by atoms with E-state index in [4.69, 9.17) is 4.74 Å². The van der Waals surface area contributed by atoms with Crippen molar-refractivity contribution in [1.82, 2.24) is 10.2 Å². The molecule has 1 fully saturated rings. The maximum atomic E-state index is 12.1. The van der Waals surface area contributed by atoms with Crippen LogP contribution in [0, 0.1) is 0 Å². The van der Waals surface area contributed by atoms with E-state index in [0.717, 1.165) is 38.3 Å². The number of urea groups is 1. The number of nitrogens with zero attached hydrogens (tertiary/aromatic N) is 2. The number of carbonyl (C=O) groups is 1. The quantitative estimate of drug-likeness (QED) is 0.926. The molecule has 0 spiro atoms. The number of rotatable bonds is 4. The average molecular weight is 291 g/mol. The van der Waals surface area contributed by atoms with Gasteiger partial charge in [-0.25, -0.2) is 4.79 Å². The van der Waals surface area contributed by atoms with Crippen LogP contribution in [0.15, 0.2) is 24.3 Å². The van der Waals surface area contributed by atoms with Crippen molar-refractivity contribution in [2.24, 2.45) is 0 Å². The molecule has 0 radical (unpaired) electrons. The molecule has 1 aromatic carbocycles. The average Bonchev–Trinajstić information content (AvgIpc) is 2.55. The molecular formula is C16H25N3O2. The van der Waals surface area contributed by atoms with Crippen molar-refractivity contribution in [2.75, 3.05) is 38.2 Å². The molecule has 5 heteroatoms. The van der Waals surface area contributed by atoms with Gasteiger partial charge in [0.2, 0.25) is 0 Å². The van der Waals surface area contributed by atoms with Crippen LogP contribution >= 0.6 is 0 Å². The molecule has 2 rings (SSSR count). The van der Waals surface area contributed by atoms with Crippen LogP contribution in [0.3, 0.4) is 0 Å². The Labute approximate surface area is 126 Å². The number of amides is 2. The SMILES string of the molecule is CC[C@H](C)NC(=O)N1CCN(c2ccc(OC)cc2)CC1. The second-order valence-corrected chi connectivity index (χ2v) is 5.43. The molecular weight excluding hydrogens is 266 g/mol. The lowest BCUT2D eigenvalue weighted by atomic mass is 10.2. The molecule has 1 N–H and O–H groups in total. The summed E-state index contributed by atoms with van der Waals surface area (Å²) in [7, 11) is 1.67. The summed E-state index contributed by atoms with van der Waals surface area (Å²) >= 11 is 0. The van der Waals surface area contributed by atoms with Crippen molar-refractivity contribution in [1.29, 1.82) is 0 Å².